The van der Waals surface area contributed by atoms with Gasteiger partial charge in [-0.3, -0.25) is 0 Å². The number of esters is 1. The number of hydrogen-bond acceptors (Lipinski definition) is 4. The molecule has 0 aliphatic carbocycles. The fourth-order valence-corrected chi connectivity index (χ4v) is 2.94. The van der Waals surface area contributed by atoms with Crippen molar-refractivity contribution in [1.82, 2.24) is 4.57 Å². The summed E-state index contributed by atoms with van der Waals surface area (Å²) in [5.74, 6) is 0.446. The molecule has 0 radical (unpaired) electrons. The van der Waals surface area contributed by atoms with Gasteiger partial charge in [-0.2, -0.15) is 0 Å². The van der Waals surface area contributed by atoms with Gasteiger partial charge in [0.05, 0.1) is 24.3 Å². The van der Waals surface area contributed by atoms with Gasteiger partial charge in [0.1, 0.15) is 5.75 Å². The van der Waals surface area contributed by atoms with Crippen molar-refractivity contribution in [2.75, 3.05) is 20.0 Å². The summed E-state index contributed by atoms with van der Waals surface area (Å²) in [5, 5.41) is 1.77. The van der Waals surface area contributed by atoms with Gasteiger partial charge in [0.2, 0.25) is 0 Å². The predicted octanol–water partition coefficient (Wildman–Crippen LogP) is 3.09. The third-order valence-electron chi connectivity index (χ3n) is 3.03. The SMILES string of the molecule is CCOC(=O)c1c(SC)n(C)c2ccc(OC)cc12. The fourth-order valence-electron chi connectivity index (χ4n) is 2.17. The van der Waals surface area contributed by atoms with Gasteiger partial charge in [0.15, 0.2) is 0 Å². The van der Waals surface area contributed by atoms with Crippen LogP contribution in [0.5, 0.6) is 5.75 Å². The number of aromatic nitrogens is 1. The summed E-state index contributed by atoms with van der Waals surface area (Å²) < 4.78 is 12.4. The van der Waals surface area contributed by atoms with E-state index in [1.165, 1.54) is 11.8 Å². The van der Waals surface area contributed by atoms with Gasteiger partial charge < -0.3 is 14.0 Å². The first kappa shape index (κ1) is 13.8. The van der Waals surface area contributed by atoms with E-state index in [0.717, 1.165) is 21.7 Å². The summed E-state index contributed by atoms with van der Waals surface area (Å²) in [7, 11) is 3.56. The summed E-state index contributed by atoms with van der Waals surface area (Å²) in [4.78, 5) is 12.2. The number of carbonyl (C=O) groups is 1. The van der Waals surface area contributed by atoms with Crippen molar-refractivity contribution < 1.29 is 14.3 Å². The number of thioether (sulfide) groups is 1. The Bertz CT molecular complexity index is 619. The zero-order valence-electron chi connectivity index (χ0n) is 11.5. The lowest BCUT2D eigenvalue weighted by atomic mass is 10.1. The molecule has 4 nitrogen and oxygen atoms in total. The molecule has 0 atom stereocenters. The second-order valence-corrected chi connectivity index (χ2v) is 4.84. The number of carbonyl (C=O) groups excluding carboxylic acids is 1. The number of hydrogen-bond donors (Lipinski definition) is 0. The highest BCUT2D eigenvalue weighted by atomic mass is 32.2. The molecular formula is C14H17NO3S. The van der Waals surface area contributed by atoms with Crippen LogP contribution in [-0.2, 0) is 11.8 Å². The van der Waals surface area contributed by atoms with Crippen molar-refractivity contribution in [3.8, 4) is 5.75 Å². The molecule has 5 heteroatoms. The minimum atomic E-state index is -0.286. The second-order valence-electron chi connectivity index (χ2n) is 4.05. The lowest BCUT2D eigenvalue weighted by molar-refractivity contribution is 0.0524. The van der Waals surface area contributed by atoms with Gasteiger partial charge in [-0.05, 0) is 31.4 Å². The molecular weight excluding hydrogens is 262 g/mol. The fraction of sp³-hybridized carbons (Fsp3) is 0.357. The predicted molar refractivity (Wildman–Crippen MR) is 77.2 cm³/mol. The van der Waals surface area contributed by atoms with E-state index in [9.17, 15) is 4.79 Å². The first-order chi connectivity index (χ1) is 9.13. The van der Waals surface area contributed by atoms with Gasteiger partial charge in [-0.1, -0.05) is 0 Å². The number of methoxy groups -OCH3 is 1. The molecule has 102 valence electrons. The topological polar surface area (TPSA) is 40.5 Å². The molecule has 2 rings (SSSR count). The van der Waals surface area contributed by atoms with E-state index < -0.39 is 0 Å². The zero-order valence-corrected chi connectivity index (χ0v) is 12.3. The molecule has 0 saturated heterocycles. The number of ether oxygens (including phenoxy) is 2. The molecule has 0 bridgehead atoms. The highest BCUT2D eigenvalue weighted by Gasteiger charge is 2.22. The Balaban J connectivity index is 2.73. The van der Waals surface area contributed by atoms with Crippen LogP contribution in [-0.4, -0.2) is 30.5 Å². The monoisotopic (exact) mass is 279 g/mol. The maximum Gasteiger partial charge on any atom is 0.341 e. The van der Waals surface area contributed by atoms with Crippen molar-refractivity contribution in [3.05, 3.63) is 23.8 Å². The maximum absolute atomic E-state index is 12.2. The number of fused-ring (bicyclic) bond motifs is 1. The molecule has 0 spiro atoms. The average molecular weight is 279 g/mol. The summed E-state index contributed by atoms with van der Waals surface area (Å²) in [6.45, 7) is 2.18. The first-order valence-corrected chi connectivity index (χ1v) is 7.24. The minimum Gasteiger partial charge on any atom is -0.497 e. The molecule has 0 aliphatic rings. The molecule has 1 aromatic heterocycles. The Morgan fingerprint density at radius 1 is 1.42 bits per heavy atom. The van der Waals surface area contributed by atoms with Gasteiger partial charge >= 0.3 is 5.97 Å². The van der Waals surface area contributed by atoms with E-state index in [2.05, 4.69) is 0 Å². The lowest BCUT2D eigenvalue weighted by Crippen LogP contribution is -2.06. The van der Waals surface area contributed by atoms with E-state index in [1.54, 1.807) is 7.11 Å². The highest BCUT2D eigenvalue weighted by Crippen LogP contribution is 2.33. The van der Waals surface area contributed by atoms with Crippen LogP contribution >= 0.6 is 11.8 Å². The quantitative estimate of drug-likeness (QED) is 0.637. The van der Waals surface area contributed by atoms with E-state index >= 15 is 0 Å². The lowest BCUT2D eigenvalue weighted by Gasteiger charge is -2.04. The number of aryl methyl sites for hydroxylation is 1. The molecule has 0 amide bonds. The molecule has 19 heavy (non-hydrogen) atoms. The van der Waals surface area contributed by atoms with Crippen molar-refractivity contribution in [3.63, 3.8) is 0 Å². The van der Waals surface area contributed by atoms with Gasteiger partial charge in [-0.15, -0.1) is 11.8 Å². The van der Waals surface area contributed by atoms with Crippen LogP contribution in [0, 0.1) is 0 Å². The summed E-state index contributed by atoms with van der Waals surface area (Å²) in [5.41, 5.74) is 1.61. The van der Waals surface area contributed by atoms with Crippen LogP contribution in [0.15, 0.2) is 23.2 Å². The smallest absolute Gasteiger partial charge is 0.341 e. The summed E-state index contributed by atoms with van der Waals surface area (Å²) >= 11 is 1.54. The summed E-state index contributed by atoms with van der Waals surface area (Å²) in [6, 6.07) is 5.72. The van der Waals surface area contributed by atoms with Crippen LogP contribution in [0.25, 0.3) is 10.9 Å². The molecule has 1 heterocycles. The normalized spacial score (nSPS) is 10.7. The molecule has 1 aromatic carbocycles. The average Bonchev–Trinajstić information content (AvgIpc) is 2.71. The summed E-state index contributed by atoms with van der Waals surface area (Å²) in [6.07, 6.45) is 1.95. The van der Waals surface area contributed by atoms with Crippen LogP contribution in [0.1, 0.15) is 17.3 Å². The molecule has 2 aromatic rings. The van der Waals surface area contributed by atoms with Gasteiger partial charge in [0, 0.05) is 18.0 Å². The standard InChI is InChI=1S/C14H17NO3S/c1-5-18-14(16)12-10-8-9(17-3)6-7-11(10)15(2)13(12)19-4/h6-8H,5H2,1-4H3. The van der Waals surface area contributed by atoms with Crippen LogP contribution < -0.4 is 4.74 Å². The van der Waals surface area contributed by atoms with Crippen molar-refractivity contribution in [2.24, 2.45) is 7.05 Å². The Labute approximate surface area is 116 Å². The molecule has 0 aliphatic heterocycles. The Hall–Kier alpha value is -1.62. The second kappa shape index (κ2) is 5.57. The molecule has 0 N–H and O–H groups in total. The first-order valence-electron chi connectivity index (χ1n) is 6.01. The van der Waals surface area contributed by atoms with Crippen LogP contribution in [0.3, 0.4) is 0 Å². The third-order valence-corrected chi connectivity index (χ3v) is 3.89. The van der Waals surface area contributed by atoms with Crippen molar-refractivity contribution in [1.29, 1.82) is 0 Å². The molecule has 0 fully saturated rings. The maximum atomic E-state index is 12.2. The van der Waals surface area contributed by atoms with Crippen molar-refractivity contribution >= 4 is 28.6 Å². The molecule has 0 unspecified atom stereocenters. The Morgan fingerprint density at radius 2 is 2.16 bits per heavy atom. The highest BCUT2D eigenvalue weighted by molar-refractivity contribution is 7.98. The van der Waals surface area contributed by atoms with E-state index in [1.807, 2.05) is 43.0 Å². The van der Waals surface area contributed by atoms with Gasteiger partial charge in [0.25, 0.3) is 0 Å². The number of benzene rings is 1. The Morgan fingerprint density at radius 3 is 2.74 bits per heavy atom. The van der Waals surface area contributed by atoms with Crippen molar-refractivity contribution in [2.45, 2.75) is 11.9 Å². The van der Waals surface area contributed by atoms with E-state index in [4.69, 9.17) is 9.47 Å². The van der Waals surface area contributed by atoms with E-state index in [-0.39, 0.29) is 5.97 Å². The minimum absolute atomic E-state index is 0.286. The third kappa shape index (κ3) is 2.30. The van der Waals surface area contributed by atoms with Crippen LogP contribution in [0.2, 0.25) is 0 Å². The number of rotatable bonds is 4. The largest absolute Gasteiger partial charge is 0.497 e. The van der Waals surface area contributed by atoms with Gasteiger partial charge in [-0.25, -0.2) is 4.79 Å². The van der Waals surface area contributed by atoms with Crippen LogP contribution in [0.4, 0.5) is 0 Å². The molecule has 0 saturated carbocycles. The van der Waals surface area contributed by atoms with E-state index in [0.29, 0.717) is 12.2 Å². The zero-order chi connectivity index (χ0) is 14.0. The number of nitrogens with zero attached hydrogens (tertiary/aromatic N) is 1. The Kier molecular flexibility index (Phi) is 4.04.